The lowest BCUT2D eigenvalue weighted by atomic mass is 10.0. The summed E-state index contributed by atoms with van der Waals surface area (Å²) in [5.74, 6) is -0.366. The quantitative estimate of drug-likeness (QED) is 0.535. The third kappa shape index (κ3) is 2.18. The summed E-state index contributed by atoms with van der Waals surface area (Å²) in [7, 11) is 1.34. The number of benzene rings is 2. The number of rotatable bonds is 2. The molecule has 0 atom stereocenters. The van der Waals surface area contributed by atoms with E-state index in [1.807, 2.05) is 19.1 Å². The van der Waals surface area contributed by atoms with E-state index in [1.54, 1.807) is 24.3 Å². The molecule has 4 heteroatoms. The number of hydrogen-bond donors (Lipinski definition) is 0. The van der Waals surface area contributed by atoms with E-state index in [4.69, 9.17) is 4.42 Å². The minimum atomic E-state index is -0.366. The number of para-hydroxylation sites is 2. The van der Waals surface area contributed by atoms with Crippen molar-refractivity contribution in [2.24, 2.45) is 0 Å². The molecule has 0 aliphatic carbocycles. The monoisotopic (exact) mass is 282 g/mol. The zero-order valence-electron chi connectivity index (χ0n) is 11.8. The molecular formula is C17H14O4. The number of esters is 1. The van der Waals surface area contributed by atoms with Crippen LogP contribution in [0.5, 0.6) is 0 Å². The second-order valence-electron chi connectivity index (χ2n) is 4.93. The van der Waals surface area contributed by atoms with Crippen molar-refractivity contribution >= 4 is 27.9 Å². The normalized spacial score (nSPS) is 11.0. The van der Waals surface area contributed by atoms with Crippen molar-refractivity contribution in [2.75, 3.05) is 7.11 Å². The van der Waals surface area contributed by atoms with Crippen LogP contribution in [0.15, 0.2) is 45.6 Å². The fourth-order valence-corrected chi connectivity index (χ4v) is 2.46. The Hall–Kier alpha value is -2.62. The van der Waals surface area contributed by atoms with Crippen LogP contribution in [-0.2, 0) is 16.0 Å². The van der Waals surface area contributed by atoms with E-state index < -0.39 is 0 Å². The fraction of sp³-hybridized carbons (Fsp3) is 0.176. The molecule has 0 fully saturated rings. The molecule has 0 bridgehead atoms. The van der Waals surface area contributed by atoms with Gasteiger partial charge in [-0.3, -0.25) is 9.59 Å². The number of aryl methyl sites for hydroxylation is 1. The minimum absolute atomic E-state index is 0.0775. The van der Waals surface area contributed by atoms with Crippen LogP contribution in [0.25, 0.3) is 21.9 Å². The van der Waals surface area contributed by atoms with Gasteiger partial charge >= 0.3 is 5.97 Å². The summed E-state index contributed by atoms with van der Waals surface area (Å²) in [4.78, 5) is 24.1. The van der Waals surface area contributed by atoms with E-state index in [9.17, 15) is 9.59 Å². The maximum absolute atomic E-state index is 12.6. The predicted octanol–water partition coefficient (Wildman–Crippen LogP) is 2.97. The molecule has 0 amide bonds. The van der Waals surface area contributed by atoms with Gasteiger partial charge in [0.25, 0.3) is 0 Å². The SMILES string of the molecule is COC(=O)Cc1cccc2c(=O)c3cccc(C)c3oc12. The number of methoxy groups -OCH3 is 1. The number of fused-ring (bicyclic) bond motifs is 2. The van der Waals surface area contributed by atoms with Gasteiger partial charge in [-0.05, 0) is 24.6 Å². The van der Waals surface area contributed by atoms with Crippen molar-refractivity contribution in [3.05, 3.63) is 57.7 Å². The third-order valence-corrected chi connectivity index (χ3v) is 3.56. The largest absolute Gasteiger partial charge is 0.469 e. The summed E-state index contributed by atoms with van der Waals surface area (Å²) >= 11 is 0. The molecular weight excluding hydrogens is 268 g/mol. The van der Waals surface area contributed by atoms with Crippen LogP contribution in [0.4, 0.5) is 0 Å². The summed E-state index contributed by atoms with van der Waals surface area (Å²) in [5.41, 5.74) is 2.48. The highest BCUT2D eigenvalue weighted by atomic mass is 16.5. The Kier molecular flexibility index (Phi) is 3.22. The van der Waals surface area contributed by atoms with Crippen molar-refractivity contribution in [1.29, 1.82) is 0 Å². The molecule has 106 valence electrons. The summed E-state index contributed by atoms with van der Waals surface area (Å²) in [5, 5.41) is 1.03. The molecule has 0 saturated heterocycles. The summed E-state index contributed by atoms with van der Waals surface area (Å²) in [6.45, 7) is 1.89. The lowest BCUT2D eigenvalue weighted by Crippen LogP contribution is -2.08. The number of hydrogen-bond acceptors (Lipinski definition) is 4. The first-order chi connectivity index (χ1) is 10.1. The summed E-state index contributed by atoms with van der Waals surface area (Å²) in [6.07, 6.45) is 0.0775. The van der Waals surface area contributed by atoms with Crippen LogP contribution in [0.1, 0.15) is 11.1 Å². The fourth-order valence-electron chi connectivity index (χ4n) is 2.46. The van der Waals surface area contributed by atoms with Crippen molar-refractivity contribution in [3.8, 4) is 0 Å². The van der Waals surface area contributed by atoms with Gasteiger partial charge in [-0.25, -0.2) is 0 Å². The van der Waals surface area contributed by atoms with E-state index in [0.717, 1.165) is 5.56 Å². The molecule has 1 heterocycles. The smallest absolute Gasteiger partial charge is 0.310 e. The molecule has 0 spiro atoms. The Bertz CT molecular complexity index is 906. The average molecular weight is 282 g/mol. The lowest BCUT2D eigenvalue weighted by molar-refractivity contribution is -0.139. The maximum atomic E-state index is 12.6. The molecule has 0 N–H and O–H groups in total. The van der Waals surface area contributed by atoms with E-state index in [2.05, 4.69) is 4.74 Å². The molecule has 0 radical (unpaired) electrons. The summed E-state index contributed by atoms with van der Waals surface area (Å²) < 4.78 is 10.6. The number of carbonyl (C=O) groups excluding carboxylic acids is 1. The highest BCUT2D eigenvalue weighted by molar-refractivity contribution is 5.93. The van der Waals surface area contributed by atoms with Gasteiger partial charge in [0, 0.05) is 5.56 Å². The van der Waals surface area contributed by atoms with Gasteiger partial charge in [-0.15, -0.1) is 0 Å². The third-order valence-electron chi connectivity index (χ3n) is 3.56. The molecule has 1 aromatic heterocycles. The van der Waals surface area contributed by atoms with Crippen molar-refractivity contribution < 1.29 is 13.9 Å². The molecule has 3 rings (SSSR count). The average Bonchev–Trinajstić information content (AvgIpc) is 2.49. The van der Waals surface area contributed by atoms with Gasteiger partial charge in [0.15, 0.2) is 0 Å². The van der Waals surface area contributed by atoms with Crippen molar-refractivity contribution in [3.63, 3.8) is 0 Å². The molecule has 0 unspecified atom stereocenters. The van der Waals surface area contributed by atoms with Crippen molar-refractivity contribution in [1.82, 2.24) is 0 Å². The zero-order chi connectivity index (χ0) is 15.0. The molecule has 0 aliphatic rings. The molecule has 4 nitrogen and oxygen atoms in total. The first-order valence-corrected chi connectivity index (χ1v) is 6.62. The van der Waals surface area contributed by atoms with Gasteiger partial charge in [-0.2, -0.15) is 0 Å². The predicted molar refractivity (Wildman–Crippen MR) is 80.4 cm³/mol. The number of ether oxygens (including phenoxy) is 1. The molecule has 0 aliphatic heterocycles. The minimum Gasteiger partial charge on any atom is -0.469 e. The van der Waals surface area contributed by atoms with Gasteiger partial charge in [-0.1, -0.05) is 24.3 Å². The molecule has 2 aromatic carbocycles. The Balaban J connectivity index is 2.38. The van der Waals surface area contributed by atoms with Crippen LogP contribution in [0, 0.1) is 6.92 Å². The van der Waals surface area contributed by atoms with E-state index in [-0.39, 0.29) is 17.8 Å². The van der Waals surface area contributed by atoms with E-state index >= 15 is 0 Å². The molecule has 21 heavy (non-hydrogen) atoms. The Labute approximate surface area is 120 Å². The van der Waals surface area contributed by atoms with Crippen LogP contribution >= 0.6 is 0 Å². The van der Waals surface area contributed by atoms with E-state index in [1.165, 1.54) is 7.11 Å². The van der Waals surface area contributed by atoms with Crippen molar-refractivity contribution in [2.45, 2.75) is 13.3 Å². The molecule has 3 aromatic rings. The molecule has 0 saturated carbocycles. The van der Waals surface area contributed by atoms with Crippen LogP contribution in [0.2, 0.25) is 0 Å². The Morgan fingerprint density at radius 1 is 1.10 bits per heavy atom. The topological polar surface area (TPSA) is 56.5 Å². The highest BCUT2D eigenvalue weighted by Gasteiger charge is 2.14. The zero-order valence-corrected chi connectivity index (χ0v) is 11.8. The van der Waals surface area contributed by atoms with Gasteiger partial charge in [0.2, 0.25) is 5.43 Å². The second kappa shape index (κ2) is 5.05. The first kappa shape index (κ1) is 13.4. The van der Waals surface area contributed by atoms with Gasteiger partial charge in [0.05, 0.1) is 24.3 Å². The number of carbonyl (C=O) groups is 1. The Morgan fingerprint density at radius 2 is 1.76 bits per heavy atom. The van der Waals surface area contributed by atoms with E-state index in [0.29, 0.717) is 27.5 Å². The van der Waals surface area contributed by atoms with Gasteiger partial charge in [0.1, 0.15) is 11.2 Å². The maximum Gasteiger partial charge on any atom is 0.310 e. The Morgan fingerprint density at radius 3 is 2.48 bits per heavy atom. The highest BCUT2D eigenvalue weighted by Crippen LogP contribution is 2.24. The summed E-state index contributed by atoms with van der Waals surface area (Å²) in [6, 6.07) is 10.7. The standard InChI is InChI=1S/C17H14O4/c1-10-5-3-7-12-15(19)13-8-4-6-11(9-14(18)20-2)17(13)21-16(10)12/h3-8H,9H2,1-2H3. The van der Waals surface area contributed by atoms with Gasteiger partial charge < -0.3 is 9.15 Å². The van der Waals surface area contributed by atoms with Crippen LogP contribution < -0.4 is 5.43 Å². The first-order valence-electron chi connectivity index (χ1n) is 6.62. The second-order valence-corrected chi connectivity index (χ2v) is 4.93. The van der Waals surface area contributed by atoms with Crippen LogP contribution in [0.3, 0.4) is 0 Å². The van der Waals surface area contributed by atoms with Crippen LogP contribution in [-0.4, -0.2) is 13.1 Å². The lowest BCUT2D eigenvalue weighted by Gasteiger charge is -2.07.